The van der Waals surface area contributed by atoms with Crippen LogP contribution in [0.1, 0.15) is 6.92 Å². The Morgan fingerprint density at radius 3 is 2.41 bits per heavy atom. The molecule has 0 bridgehead atoms. The van der Waals surface area contributed by atoms with E-state index in [1.807, 2.05) is 30.3 Å². The topological polar surface area (TPSA) is 44.9 Å². The highest BCUT2D eigenvalue weighted by Gasteiger charge is 2.16. The van der Waals surface area contributed by atoms with Gasteiger partial charge in [0, 0.05) is 26.2 Å². The number of aliphatic imine (C=N–C) groups is 1. The summed E-state index contributed by atoms with van der Waals surface area (Å²) in [6.45, 7) is 7.38. The summed E-state index contributed by atoms with van der Waals surface area (Å²) in [6.07, 6.45) is 0. The molecule has 4 heteroatoms. The van der Waals surface area contributed by atoms with E-state index in [1.165, 1.54) is 0 Å². The maximum absolute atomic E-state index is 6.02. The standard InChI is InChI=1S/C13H20N4/c1-2-16-8-10-17(11-9-16)13(14)15-12-6-4-3-5-7-12/h3-7H,2,8-11H2,1H3,(H2,14,15). The van der Waals surface area contributed by atoms with Crippen molar-refractivity contribution in [3.05, 3.63) is 30.3 Å². The smallest absolute Gasteiger partial charge is 0.196 e. The Balaban J connectivity index is 1.97. The van der Waals surface area contributed by atoms with E-state index in [0.717, 1.165) is 38.4 Å². The predicted octanol–water partition coefficient (Wildman–Crippen LogP) is 1.27. The Hall–Kier alpha value is -1.55. The summed E-state index contributed by atoms with van der Waals surface area (Å²) >= 11 is 0. The van der Waals surface area contributed by atoms with Crippen molar-refractivity contribution in [1.29, 1.82) is 0 Å². The number of piperazine rings is 1. The number of hydrogen-bond acceptors (Lipinski definition) is 2. The third kappa shape index (κ3) is 3.20. The van der Waals surface area contributed by atoms with Crippen LogP contribution in [0.25, 0.3) is 0 Å². The van der Waals surface area contributed by atoms with Crippen LogP contribution in [-0.4, -0.2) is 48.5 Å². The van der Waals surface area contributed by atoms with Crippen molar-refractivity contribution in [3.8, 4) is 0 Å². The van der Waals surface area contributed by atoms with E-state index in [2.05, 4.69) is 21.7 Å². The number of nitrogens with two attached hydrogens (primary N) is 1. The molecule has 1 saturated heterocycles. The minimum atomic E-state index is 0.631. The molecule has 1 heterocycles. The molecule has 1 aromatic rings. The van der Waals surface area contributed by atoms with Crippen molar-refractivity contribution < 1.29 is 0 Å². The maximum atomic E-state index is 6.02. The lowest BCUT2D eigenvalue weighted by molar-refractivity contribution is 0.189. The first-order valence-corrected chi connectivity index (χ1v) is 6.16. The van der Waals surface area contributed by atoms with E-state index in [0.29, 0.717) is 5.96 Å². The molecular formula is C13H20N4. The minimum Gasteiger partial charge on any atom is -0.369 e. The van der Waals surface area contributed by atoms with Crippen LogP contribution in [0.2, 0.25) is 0 Å². The second-order valence-corrected chi connectivity index (χ2v) is 4.23. The average molecular weight is 232 g/mol. The molecule has 4 nitrogen and oxygen atoms in total. The van der Waals surface area contributed by atoms with Gasteiger partial charge >= 0.3 is 0 Å². The van der Waals surface area contributed by atoms with E-state index in [4.69, 9.17) is 5.73 Å². The van der Waals surface area contributed by atoms with Crippen LogP contribution in [0.15, 0.2) is 35.3 Å². The Morgan fingerprint density at radius 1 is 1.18 bits per heavy atom. The van der Waals surface area contributed by atoms with Gasteiger partial charge in [-0.2, -0.15) is 0 Å². The molecule has 2 N–H and O–H groups in total. The number of para-hydroxylation sites is 1. The van der Waals surface area contributed by atoms with Crippen LogP contribution in [0.5, 0.6) is 0 Å². The minimum absolute atomic E-state index is 0.631. The van der Waals surface area contributed by atoms with Gasteiger partial charge in [-0.1, -0.05) is 25.1 Å². The molecule has 0 atom stereocenters. The molecule has 2 rings (SSSR count). The molecular weight excluding hydrogens is 212 g/mol. The van der Waals surface area contributed by atoms with Crippen molar-refractivity contribution in [1.82, 2.24) is 9.80 Å². The van der Waals surface area contributed by atoms with E-state index in [9.17, 15) is 0 Å². The van der Waals surface area contributed by atoms with Crippen LogP contribution in [-0.2, 0) is 0 Å². The Morgan fingerprint density at radius 2 is 1.82 bits per heavy atom. The first-order chi connectivity index (χ1) is 8.29. The van der Waals surface area contributed by atoms with Gasteiger partial charge in [-0.3, -0.25) is 0 Å². The highest BCUT2D eigenvalue weighted by Crippen LogP contribution is 2.11. The van der Waals surface area contributed by atoms with Crippen molar-refractivity contribution in [3.63, 3.8) is 0 Å². The summed E-state index contributed by atoms with van der Waals surface area (Å²) < 4.78 is 0. The van der Waals surface area contributed by atoms with Crippen molar-refractivity contribution >= 4 is 11.6 Å². The third-order valence-electron chi connectivity index (χ3n) is 3.14. The van der Waals surface area contributed by atoms with E-state index < -0.39 is 0 Å². The summed E-state index contributed by atoms with van der Waals surface area (Å²) in [6, 6.07) is 9.86. The van der Waals surface area contributed by atoms with Gasteiger partial charge in [-0.15, -0.1) is 0 Å². The molecule has 0 aliphatic carbocycles. The lowest BCUT2D eigenvalue weighted by Crippen LogP contribution is -2.50. The zero-order valence-electron chi connectivity index (χ0n) is 10.3. The van der Waals surface area contributed by atoms with Gasteiger partial charge in [-0.25, -0.2) is 4.99 Å². The molecule has 1 aromatic carbocycles. The lowest BCUT2D eigenvalue weighted by atomic mass is 10.3. The fraction of sp³-hybridized carbons (Fsp3) is 0.462. The van der Waals surface area contributed by atoms with Gasteiger partial charge in [0.25, 0.3) is 0 Å². The first-order valence-electron chi connectivity index (χ1n) is 6.16. The van der Waals surface area contributed by atoms with Gasteiger partial charge in [0.15, 0.2) is 5.96 Å². The number of nitrogens with zero attached hydrogens (tertiary/aromatic N) is 3. The summed E-state index contributed by atoms with van der Waals surface area (Å²) in [5.41, 5.74) is 6.94. The number of likely N-dealkylation sites (N-methyl/N-ethyl adjacent to an activating group) is 1. The van der Waals surface area contributed by atoms with Gasteiger partial charge < -0.3 is 15.5 Å². The van der Waals surface area contributed by atoms with Crippen molar-refractivity contribution in [2.75, 3.05) is 32.7 Å². The van der Waals surface area contributed by atoms with Gasteiger partial charge in [-0.05, 0) is 18.7 Å². The zero-order chi connectivity index (χ0) is 12.1. The number of guanidine groups is 1. The van der Waals surface area contributed by atoms with E-state index in [-0.39, 0.29) is 0 Å². The fourth-order valence-corrected chi connectivity index (χ4v) is 2.00. The monoisotopic (exact) mass is 232 g/mol. The summed E-state index contributed by atoms with van der Waals surface area (Å²) in [7, 11) is 0. The van der Waals surface area contributed by atoms with Crippen LogP contribution in [0.4, 0.5) is 5.69 Å². The molecule has 0 spiro atoms. The molecule has 0 radical (unpaired) electrons. The molecule has 1 aliphatic rings. The summed E-state index contributed by atoms with van der Waals surface area (Å²) in [4.78, 5) is 9.01. The second kappa shape index (κ2) is 5.68. The Kier molecular flexibility index (Phi) is 3.98. The molecule has 1 aliphatic heterocycles. The normalized spacial score (nSPS) is 18.4. The fourth-order valence-electron chi connectivity index (χ4n) is 2.00. The van der Waals surface area contributed by atoms with Gasteiger partial charge in [0.1, 0.15) is 0 Å². The molecule has 17 heavy (non-hydrogen) atoms. The predicted molar refractivity (Wildman–Crippen MR) is 71.4 cm³/mol. The summed E-state index contributed by atoms with van der Waals surface area (Å²) in [5, 5.41) is 0. The molecule has 0 aromatic heterocycles. The Labute approximate surface area is 103 Å². The number of benzene rings is 1. The van der Waals surface area contributed by atoms with Crippen LogP contribution in [0.3, 0.4) is 0 Å². The lowest BCUT2D eigenvalue weighted by Gasteiger charge is -2.34. The van der Waals surface area contributed by atoms with Crippen LogP contribution in [0, 0.1) is 0 Å². The highest BCUT2D eigenvalue weighted by atomic mass is 15.3. The summed E-state index contributed by atoms with van der Waals surface area (Å²) in [5.74, 6) is 0.631. The second-order valence-electron chi connectivity index (χ2n) is 4.23. The van der Waals surface area contributed by atoms with Crippen LogP contribution >= 0.6 is 0 Å². The molecule has 0 saturated carbocycles. The van der Waals surface area contributed by atoms with E-state index in [1.54, 1.807) is 0 Å². The maximum Gasteiger partial charge on any atom is 0.196 e. The zero-order valence-corrected chi connectivity index (χ0v) is 10.3. The Bertz CT molecular complexity index is 366. The molecule has 1 fully saturated rings. The quantitative estimate of drug-likeness (QED) is 0.617. The van der Waals surface area contributed by atoms with Crippen LogP contribution < -0.4 is 5.73 Å². The average Bonchev–Trinajstić information content (AvgIpc) is 2.40. The largest absolute Gasteiger partial charge is 0.369 e. The third-order valence-corrected chi connectivity index (χ3v) is 3.14. The first kappa shape index (κ1) is 11.9. The van der Waals surface area contributed by atoms with E-state index >= 15 is 0 Å². The van der Waals surface area contributed by atoms with Crippen molar-refractivity contribution in [2.24, 2.45) is 10.7 Å². The number of rotatable bonds is 2. The molecule has 0 unspecified atom stereocenters. The highest BCUT2D eigenvalue weighted by molar-refractivity contribution is 5.81. The molecule has 0 amide bonds. The molecule has 92 valence electrons. The SMILES string of the molecule is CCN1CCN(C(N)=Nc2ccccc2)CC1. The van der Waals surface area contributed by atoms with Gasteiger partial charge in [0.05, 0.1) is 5.69 Å². The van der Waals surface area contributed by atoms with Gasteiger partial charge in [0.2, 0.25) is 0 Å². The van der Waals surface area contributed by atoms with Crippen molar-refractivity contribution in [2.45, 2.75) is 6.92 Å². The number of hydrogen-bond donors (Lipinski definition) is 1.